The van der Waals surface area contributed by atoms with Gasteiger partial charge in [0.2, 0.25) is 0 Å². The van der Waals surface area contributed by atoms with Crippen LogP contribution in [-0.4, -0.2) is 58.1 Å². The molecule has 2 saturated heterocycles. The molecule has 1 unspecified atom stereocenters. The van der Waals surface area contributed by atoms with Crippen LogP contribution in [0.25, 0.3) is 10.4 Å². The summed E-state index contributed by atoms with van der Waals surface area (Å²) in [5, 5.41) is 15.3. The number of urea groups is 1. The number of aliphatic carboxylic acids is 1. The largest absolute Gasteiger partial charge is 0.477 e. The molecule has 2 aliphatic rings. The fourth-order valence-electron chi connectivity index (χ4n) is 2.50. The van der Waals surface area contributed by atoms with Crippen molar-refractivity contribution in [2.75, 3.05) is 5.75 Å². The van der Waals surface area contributed by atoms with Crippen LogP contribution >= 0.6 is 11.8 Å². The van der Waals surface area contributed by atoms with Crippen LogP contribution in [0.4, 0.5) is 22.4 Å². The van der Waals surface area contributed by atoms with Crippen LogP contribution in [0.3, 0.4) is 0 Å². The number of alkyl halides is 4. The molecule has 2 heterocycles. The minimum atomic E-state index is -5.38. The average molecular weight is 357 g/mol. The molecule has 2 amide bonds. The quantitative estimate of drug-likeness (QED) is 0.219. The van der Waals surface area contributed by atoms with Crippen LogP contribution in [0.1, 0.15) is 6.42 Å². The monoisotopic (exact) mass is 357 g/mol. The van der Waals surface area contributed by atoms with Gasteiger partial charge in [0, 0.05) is 15.9 Å². The number of carbonyl (C=O) groups excluding carboxylic acids is 1. The molecule has 4 atom stereocenters. The molecule has 2 aliphatic heterocycles. The van der Waals surface area contributed by atoms with E-state index in [1.165, 1.54) is 0 Å². The second-order valence-electron chi connectivity index (χ2n) is 5.08. The van der Waals surface area contributed by atoms with Gasteiger partial charge in [-0.2, -0.15) is 29.3 Å². The van der Waals surface area contributed by atoms with Crippen LogP contribution < -0.4 is 10.6 Å². The number of nitrogens with zero attached hydrogens (tertiary/aromatic N) is 3. The fourth-order valence-corrected chi connectivity index (χ4v) is 4.03. The number of carbonyl (C=O) groups is 2. The Balaban J connectivity index is 2.21. The normalized spacial score (nSPS) is 28.3. The molecule has 2 fully saturated rings. The summed E-state index contributed by atoms with van der Waals surface area (Å²) in [7, 11) is 0. The van der Waals surface area contributed by atoms with Gasteiger partial charge >= 0.3 is 23.8 Å². The van der Waals surface area contributed by atoms with Crippen LogP contribution in [0.2, 0.25) is 0 Å². The molecule has 13 heteroatoms. The van der Waals surface area contributed by atoms with Crippen LogP contribution in [-0.2, 0) is 4.79 Å². The maximum Gasteiger partial charge on any atom is 0.404 e. The minimum absolute atomic E-state index is 0.349. The first-order valence-electron chi connectivity index (χ1n) is 6.33. The molecular weight excluding hydrogens is 346 g/mol. The number of rotatable bonds is 6. The van der Waals surface area contributed by atoms with E-state index < -0.39 is 47.6 Å². The Hall–Kier alpha value is -1.88. The SMILES string of the molecule is [N-]=[N+]=NC(C[C@@H]1SC[C@@H]2NC(=O)N[C@@H]21)C(F)(F)C(F)(F)C(=O)O. The second-order valence-corrected chi connectivity index (χ2v) is 6.35. The number of carboxylic acid groups (broad SMARTS) is 1. The first kappa shape index (κ1) is 17.5. The van der Waals surface area contributed by atoms with E-state index in [9.17, 15) is 27.2 Å². The third kappa shape index (κ3) is 2.98. The summed E-state index contributed by atoms with van der Waals surface area (Å²) < 4.78 is 54.3. The van der Waals surface area contributed by atoms with E-state index in [1.807, 2.05) is 0 Å². The highest BCUT2D eigenvalue weighted by atomic mass is 32.2. The van der Waals surface area contributed by atoms with E-state index >= 15 is 0 Å². The zero-order chi connectivity index (χ0) is 17.4. The Morgan fingerprint density at radius 3 is 2.70 bits per heavy atom. The van der Waals surface area contributed by atoms with E-state index in [0.717, 1.165) is 11.8 Å². The first-order chi connectivity index (χ1) is 10.6. The molecule has 0 aromatic heterocycles. The summed E-state index contributed by atoms with van der Waals surface area (Å²) in [4.78, 5) is 23.7. The second kappa shape index (κ2) is 5.96. The van der Waals surface area contributed by atoms with Gasteiger partial charge in [-0.1, -0.05) is 5.11 Å². The zero-order valence-electron chi connectivity index (χ0n) is 11.2. The van der Waals surface area contributed by atoms with Gasteiger partial charge in [-0.05, 0) is 12.0 Å². The summed E-state index contributed by atoms with van der Waals surface area (Å²) in [6, 6.07) is -4.00. The maximum absolute atomic E-state index is 13.9. The zero-order valence-corrected chi connectivity index (χ0v) is 12.1. The molecular formula is C10H11F4N5O3S. The lowest BCUT2D eigenvalue weighted by Gasteiger charge is -2.30. The number of amides is 2. The maximum atomic E-state index is 13.9. The molecule has 0 spiro atoms. The fraction of sp³-hybridized carbons (Fsp3) is 0.800. The van der Waals surface area contributed by atoms with E-state index in [2.05, 4.69) is 20.7 Å². The molecule has 0 aromatic rings. The van der Waals surface area contributed by atoms with Gasteiger partial charge in [0.05, 0.1) is 12.1 Å². The molecule has 0 aromatic carbocycles. The lowest BCUT2D eigenvalue weighted by atomic mass is 9.95. The lowest BCUT2D eigenvalue weighted by molar-refractivity contribution is -0.230. The summed E-state index contributed by atoms with van der Waals surface area (Å²) >= 11 is 1.14. The van der Waals surface area contributed by atoms with Crippen LogP contribution in [0, 0.1) is 0 Å². The number of fused-ring (bicyclic) bond motifs is 1. The van der Waals surface area contributed by atoms with Crippen molar-refractivity contribution in [3.8, 4) is 0 Å². The number of hydrogen-bond donors (Lipinski definition) is 3. The summed E-state index contributed by atoms with van der Waals surface area (Å²) in [6.07, 6.45) is -0.701. The predicted octanol–water partition coefficient (Wildman–Crippen LogP) is 1.58. The van der Waals surface area contributed by atoms with Gasteiger partial charge in [0.1, 0.15) is 6.04 Å². The Labute approximate surface area is 130 Å². The van der Waals surface area contributed by atoms with E-state index in [4.69, 9.17) is 10.6 Å². The number of nitrogens with one attached hydrogen (secondary N) is 2. The molecule has 128 valence electrons. The van der Waals surface area contributed by atoms with Gasteiger partial charge in [0.25, 0.3) is 0 Å². The highest BCUT2D eigenvalue weighted by Crippen LogP contribution is 2.43. The first-order valence-corrected chi connectivity index (χ1v) is 7.38. The van der Waals surface area contributed by atoms with Gasteiger partial charge < -0.3 is 15.7 Å². The number of hydrogen-bond acceptors (Lipinski definition) is 4. The topological polar surface area (TPSA) is 127 Å². The van der Waals surface area contributed by atoms with Gasteiger partial charge in [-0.3, -0.25) is 0 Å². The Kier molecular flexibility index (Phi) is 4.53. The highest BCUT2D eigenvalue weighted by molar-refractivity contribution is 8.00. The van der Waals surface area contributed by atoms with Crippen LogP contribution in [0.5, 0.6) is 0 Å². The van der Waals surface area contributed by atoms with E-state index in [-0.39, 0.29) is 6.04 Å². The Morgan fingerprint density at radius 1 is 1.48 bits per heavy atom. The average Bonchev–Trinajstić information content (AvgIpc) is 2.98. The summed E-state index contributed by atoms with van der Waals surface area (Å²) in [5.74, 6) is -13.1. The molecule has 0 saturated carbocycles. The predicted molar refractivity (Wildman–Crippen MR) is 70.6 cm³/mol. The molecule has 0 radical (unpaired) electrons. The van der Waals surface area contributed by atoms with Gasteiger partial charge in [0.15, 0.2) is 0 Å². The van der Waals surface area contributed by atoms with Crippen molar-refractivity contribution < 1.29 is 32.3 Å². The van der Waals surface area contributed by atoms with Crippen molar-refractivity contribution in [1.29, 1.82) is 0 Å². The van der Waals surface area contributed by atoms with Crippen molar-refractivity contribution >= 4 is 23.8 Å². The van der Waals surface area contributed by atoms with Gasteiger partial charge in [-0.25, -0.2) is 9.59 Å². The van der Waals surface area contributed by atoms with Crippen molar-refractivity contribution in [2.24, 2.45) is 5.11 Å². The number of halogens is 4. The number of carboxylic acids is 1. The molecule has 0 aliphatic carbocycles. The van der Waals surface area contributed by atoms with Crippen molar-refractivity contribution in [1.82, 2.24) is 10.6 Å². The molecule has 0 bridgehead atoms. The highest BCUT2D eigenvalue weighted by Gasteiger charge is 2.66. The molecule has 23 heavy (non-hydrogen) atoms. The molecule has 2 rings (SSSR count). The van der Waals surface area contributed by atoms with E-state index in [0.29, 0.717) is 5.75 Å². The number of thioether (sulfide) groups is 1. The molecule has 3 N–H and O–H groups in total. The minimum Gasteiger partial charge on any atom is -0.477 e. The lowest BCUT2D eigenvalue weighted by Crippen LogP contribution is -2.54. The molecule has 8 nitrogen and oxygen atoms in total. The standard InChI is InChI=1S/C10H11F4N5O3S/c11-9(12,10(13,14)7(20)21)5(18-19-15)1-4-6-3(2-23-4)16-8(22)17-6/h3-6H,1-2H2,(H,20,21)(H2,16,17,22)/t3-,4-,5?,6-/m0/s1. The summed E-state index contributed by atoms with van der Waals surface area (Å²) in [5.41, 5.74) is 8.35. The van der Waals surface area contributed by atoms with Crippen molar-refractivity contribution in [3.63, 3.8) is 0 Å². The van der Waals surface area contributed by atoms with Gasteiger partial charge in [-0.15, -0.1) is 0 Å². The Bertz CT molecular complexity index is 571. The summed E-state index contributed by atoms with van der Waals surface area (Å²) in [6.45, 7) is 0. The van der Waals surface area contributed by atoms with Crippen LogP contribution in [0.15, 0.2) is 5.11 Å². The van der Waals surface area contributed by atoms with Crippen molar-refractivity contribution in [2.45, 2.75) is 41.6 Å². The third-order valence-electron chi connectivity index (χ3n) is 3.69. The third-order valence-corrected chi connectivity index (χ3v) is 5.16. The van der Waals surface area contributed by atoms with E-state index in [1.54, 1.807) is 0 Å². The smallest absolute Gasteiger partial charge is 0.404 e. The Morgan fingerprint density at radius 2 is 2.13 bits per heavy atom. The number of azide groups is 1. The van der Waals surface area contributed by atoms with Crippen molar-refractivity contribution in [3.05, 3.63) is 10.4 Å².